The third kappa shape index (κ3) is 3.46. The van der Waals surface area contributed by atoms with Gasteiger partial charge in [-0.15, -0.1) is 11.8 Å². The highest BCUT2D eigenvalue weighted by Gasteiger charge is 2.36. The Hall–Kier alpha value is -1.20. The highest BCUT2D eigenvalue weighted by Crippen LogP contribution is 2.29. The number of hydrogen-bond acceptors (Lipinski definition) is 3. The van der Waals surface area contributed by atoms with Crippen molar-refractivity contribution in [3.05, 3.63) is 29.3 Å². The first-order valence-corrected chi connectivity index (χ1v) is 7.73. The first-order valence-electron chi connectivity index (χ1n) is 6.37. The second kappa shape index (κ2) is 6.50. The molecule has 0 radical (unpaired) electrons. The summed E-state index contributed by atoms with van der Waals surface area (Å²) in [5, 5.41) is 9.55. The molecule has 20 heavy (non-hydrogen) atoms. The number of nitrogens with zero attached hydrogens (tertiary/aromatic N) is 1. The third-order valence-electron chi connectivity index (χ3n) is 3.55. The van der Waals surface area contributed by atoms with E-state index in [1.54, 1.807) is 17.9 Å². The quantitative estimate of drug-likeness (QED) is 0.849. The largest absolute Gasteiger partial charge is 0.481 e. The van der Waals surface area contributed by atoms with E-state index in [4.69, 9.17) is 16.7 Å². The molecule has 108 valence electrons. The summed E-state index contributed by atoms with van der Waals surface area (Å²) in [4.78, 5) is 25.4. The summed E-state index contributed by atoms with van der Waals surface area (Å²) in [5.74, 6) is -0.758. The predicted molar refractivity (Wildman–Crippen MR) is 79.0 cm³/mol. The Morgan fingerprint density at radius 1 is 1.45 bits per heavy atom. The summed E-state index contributed by atoms with van der Waals surface area (Å²) in [5.41, 5.74) is 0. The molecule has 1 aliphatic heterocycles. The Balaban J connectivity index is 1.78. The lowest BCUT2D eigenvalue weighted by molar-refractivity contribution is -0.149. The van der Waals surface area contributed by atoms with Crippen molar-refractivity contribution in [1.29, 1.82) is 0 Å². The van der Waals surface area contributed by atoms with Gasteiger partial charge < -0.3 is 10.0 Å². The molecule has 1 aromatic rings. The van der Waals surface area contributed by atoms with Gasteiger partial charge in [-0.3, -0.25) is 9.59 Å². The molecular formula is C14H16ClNO3S. The van der Waals surface area contributed by atoms with Crippen LogP contribution in [-0.4, -0.2) is 40.7 Å². The van der Waals surface area contributed by atoms with E-state index < -0.39 is 11.9 Å². The molecular weight excluding hydrogens is 298 g/mol. The molecule has 0 aliphatic carbocycles. The number of rotatable bonds is 5. The molecule has 1 fully saturated rings. The minimum absolute atomic E-state index is 0.0313. The molecule has 0 saturated carbocycles. The van der Waals surface area contributed by atoms with Crippen molar-refractivity contribution >= 4 is 35.2 Å². The predicted octanol–water partition coefficient (Wildman–Crippen LogP) is 2.61. The van der Waals surface area contributed by atoms with E-state index >= 15 is 0 Å². The minimum atomic E-state index is -0.799. The number of aliphatic carboxylic acids is 1. The molecule has 1 atom stereocenters. The normalized spacial score (nSPS) is 16.6. The topological polar surface area (TPSA) is 57.6 Å². The molecule has 1 aromatic carbocycles. The number of likely N-dealkylation sites (tertiary alicyclic amines) is 1. The van der Waals surface area contributed by atoms with Crippen LogP contribution in [0.4, 0.5) is 0 Å². The summed E-state index contributed by atoms with van der Waals surface area (Å²) in [6, 6.07) is 7.41. The van der Waals surface area contributed by atoms with Crippen LogP contribution in [0.25, 0.3) is 0 Å². The maximum atomic E-state index is 12.0. The molecule has 1 saturated heterocycles. The first kappa shape index (κ1) is 15.2. The van der Waals surface area contributed by atoms with E-state index in [0.717, 1.165) is 4.90 Å². The molecule has 0 bridgehead atoms. The molecule has 1 aliphatic rings. The van der Waals surface area contributed by atoms with Gasteiger partial charge in [0.15, 0.2) is 0 Å². The number of carboxylic acid groups (broad SMARTS) is 1. The van der Waals surface area contributed by atoms with E-state index in [1.807, 2.05) is 18.2 Å². The van der Waals surface area contributed by atoms with Crippen LogP contribution in [0.3, 0.4) is 0 Å². The highest BCUT2D eigenvalue weighted by atomic mass is 35.5. The van der Waals surface area contributed by atoms with Crippen molar-refractivity contribution in [1.82, 2.24) is 4.90 Å². The van der Waals surface area contributed by atoms with Crippen molar-refractivity contribution < 1.29 is 14.7 Å². The van der Waals surface area contributed by atoms with Crippen molar-refractivity contribution in [3.8, 4) is 0 Å². The van der Waals surface area contributed by atoms with Gasteiger partial charge in [0.05, 0.1) is 16.7 Å². The molecule has 1 N–H and O–H groups in total. The van der Waals surface area contributed by atoms with Gasteiger partial charge in [-0.1, -0.05) is 30.7 Å². The van der Waals surface area contributed by atoms with Gasteiger partial charge in [-0.05, 0) is 12.1 Å². The van der Waals surface area contributed by atoms with E-state index in [1.165, 1.54) is 11.8 Å². The van der Waals surface area contributed by atoms with Crippen LogP contribution < -0.4 is 0 Å². The van der Waals surface area contributed by atoms with Crippen LogP contribution in [-0.2, 0) is 9.59 Å². The zero-order valence-electron chi connectivity index (χ0n) is 11.1. The lowest BCUT2D eigenvalue weighted by atomic mass is 9.87. The van der Waals surface area contributed by atoms with Gasteiger partial charge in [0.2, 0.25) is 5.91 Å². The number of halogens is 1. The fourth-order valence-corrected chi connectivity index (χ4v) is 3.17. The molecule has 1 heterocycles. The molecule has 6 heteroatoms. The fourth-order valence-electron chi connectivity index (χ4n) is 2.03. The summed E-state index contributed by atoms with van der Waals surface area (Å²) >= 11 is 7.43. The van der Waals surface area contributed by atoms with Gasteiger partial charge in [-0.25, -0.2) is 0 Å². The average Bonchev–Trinajstić information content (AvgIpc) is 2.35. The maximum absolute atomic E-state index is 12.0. The van der Waals surface area contributed by atoms with Crippen LogP contribution in [0.1, 0.15) is 6.92 Å². The standard InChI is InChI=1S/C14H16ClNO3S/c1-9(14(18)19)10-6-16(7-10)13(17)8-20-12-5-3-2-4-11(12)15/h2-5,9-10H,6-8H2,1H3,(H,18,19). The van der Waals surface area contributed by atoms with Crippen molar-refractivity contribution in [2.75, 3.05) is 18.8 Å². The number of carbonyl (C=O) groups excluding carboxylic acids is 1. The SMILES string of the molecule is CC(C(=O)O)C1CN(C(=O)CSc2ccccc2Cl)C1. The van der Waals surface area contributed by atoms with Gasteiger partial charge in [0.1, 0.15) is 0 Å². The van der Waals surface area contributed by atoms with E-state index in [9.17, 15) is 9.59 Å². The first-order chi connectivity index (χ1) is 9.49. The van der Waals surface area contributed by atoms with Crippen LogP contribution in [0, 0.1) is 11.8 Å². The van der Waals surface area contributed by atoms with Crippen molar-refractivity contribution in [2.24, 2.45) is 11.8 Å². The van der Waals surface area contributed by atoms with Crippen LogP contribution in [0.15, 0.2) is 29.2 Å². The average molecular weight is 314 g/mol. The Labute approximate surface area is 127 Å². The molecule has 0 spiro atoms. The van der Waals surface area contributed by atoms with E-state index in [-0.39, 0.29) is 11.8 Å². The molecule has 2 rings (SSSR count). The highest BCUT2D eigenvalue weighted by molar-refractivity contribution is 8.00. The molecule has 0 aromatic heterocycles. The second-order valence-electron chi connectivity index (χ2n) is 4.90. The number of thioether (sulfide) groups is 1. The molecule has 1 unspecified atom stereocenters. The maximum Gasteiger partial charge on any atom is 0.306 e. The van der Waals surface area contributed by atoms with Gasteiger partial charge >= 0.3 is 5.97 Å². The summed E-state index contributed by atoms with van der Waals surface area (Å²) in [6.07, 6.45) is 0. The number of carbonyl (C=O) groups is 2. The smallest absolute Gasteiger partial charge is 0.306 e. The lowest BCUT2D eigenvalue weighted by Crippen LogP contribution is -2.54. The van der Waals surface area contributed by atoms with Crippen LogP contribution in [0.5, 0.6) is 0 Å². The van der Waals surface area contributed by atoms with Crippen molar-refractivity contribution in [2.45, 2.75) is 11.8 Å². The minimum Gasteiger partial charge on any atom is -0.481 e. The van der Waals surface area contributed by atoms with Gasteiger partial charge in [-0.2, -0.15) is 0 Å². The van der Waals surface area contributed by atoms with E-state index in [2.05, 4.69) is 0 Å². The second-order valence-corrected chi connectivity index (χ2v) is 6.33. The van der Waals surface area contributed by atoms with Crippen molar-refractivity contribution in [3.63, 3.8) is 0 Å². The third-order valence-corrected chi connectivity index (χ3v) is 5.05. The summed E-state index contributed by atoms with van der Waals surface area (Å²) in [7, 11) is 0. The number of amides is 1. The Morgan fingerprint density at radius 2 is 2.10 bits per heavy atom. The zero-order chi connectivity index (χ0) is 14.7. The summed E-state index contributed by atoms with van der Waals surface area (Å²) in [6.45, 7) is 2.76. The monoisotopic (exact) mass is 313 g/mol. The number of benzene rings is 1. The summed E-state index contributed by atoms with van der Waals surface area (Å²) < 4.78 is 0. The Bertz CT molecular complexity index is 517. The number of hydrogen-bond donors (Lipinski definition) is 1. The fraction of sp³-hybridized carbons (Fsp3) is 0.429. The molecule has 4 nitrogen and oxygen atoms in total. The molecule has 1 amide bonds. The zero-order valence-corrected chi connectivity index (χ0v) is 12.7. The van der Waals surface area contributed by atoms with Gasteiger partial charge in [0, 0.05) is 23.9 Å². The van der Waals surface area contributed by atoms with Crippen LogP contribution >= 0.6 is 23.4 Å². The van der Waals surface area contributed by atoms with E-state index in [0.29, 0.717) is 23.9 Å². The van der Waals surface area contributed by atoms with Gasteiger partial charge in [0.25, 0.3) is 0 Å². The Kier molecular flexibility index (Phi) is 4.94. The number of carboxylic acids is 1. The van der Waals surface area contributed by atoms with Crippen LogP contribution in [0.2, 0.25) is 5.02 Å². The lowest BCUT2D eigenvalue weighted by Gasteiger charge is -2.41. The Morgan fingerprint density at radius 3 is 2.70 bits per heavy atom.